The van der Waals surface area contributed by atoms with Crippen LogP contribution >= 0.6 is 11.3 Å². The number of hydrogen-bond acceptors (Lipinski definition) is 2. The van der Waals surface area contributed by atoms with Gasteiger partial charge in [0.2, 0.25) is 0 Å². The van der Waals surface area contributed by atoms with Crippen molar-refractivity contribution in [2.24, 2.45) is 0 Å². The van der Waals surface area contributed by atoms with Gasteiger partial charge in [0, 0.05) is 53.7 Å². The lowest BCUT2D eigenvalue weighted by Gasteiger charge is -2.26. The molecule has 0 atom stereocenters. The van der Waals surface area contributed by atoms with Gasteiger partial charge in [0.05, 0.1) is 11.0 Å². The molecule has 0 unspecified atom stereocenters. The van der Waals surface area contributed by atoms with Crippen LogP contribution < -0.4 is 4.90 Å². The summed E-state index contributed by atoms with van der Waals surface area (Å²) in [5.41, 5.74) is 16.5. The van der Waals surface area contributed by atoms with E-state index < -0.39 is 0 Å². The van der Waals surface area contributed by atoms with Gasteiger partial charge in [-0.2, -0.15) is 0 Å². The van der Waals surface area contributed by atoms with Gasteiger partial charge < -0.3 is 9.47 Å². The second kappa shape index (κ2) is 15.5. The average Bonchev–Trinajstić information content (AvgIpc) is 3.90. The van der Waals surface area contributed by atoms with Crippen molar-refractivity contribution in [3.8, 4) is 50.2 Å². The van der Waals surface area contributed by atoms with Gasteiger partial charge in [-0.25, -0.2) is 0 Å². The fourth-order valence-corrected chi connectivity index (χ4v) is 10.4. The number of hydrogen-bond donors (Lipinski definition) is 0. The molecule has 0 amide bonds. The van der Waals surface area contributed by atoms with Crippen molar-refractivity contribution in [2.45, 2.75) is 0 Å². The number of thiophene rings is 1. The summed E-state index contributed by atoms with van der Waals surface area (Å²) in [5, 5.41) is 5.11. The Morgan fingerprint density at radius 3 is 1.41 bits per heavy atom. The van der Waals surface area contributed by atoms with E-state index in [1.165, 1.54) is 86.5 Å². The molecule has 296 valence electrons. The molecule has 0 saturated carbocycles. The van der Waals surface area contributed by atoms with Gasteiger partial charge in [0.25, 0.3) is 0 Å². The molecule has 0 N–H and O–H groups in total. The van der Waals surface area contributed by atoms with Crippen LogP contribution in [0.1, 0.15) is 0 Å². The van der Waals surface area contributed by atoms with E-state index in [1.807, 2.05) is 11.3 Å². The molecule has 0 aliphatic rings. The van der Waals surface area contributed by atoms with E-state index in [1.54, 1.807) is 0 Å². The van der Waals surface area contributed by atoms with Crippen molar-refractivity contribution >= 4 is 70.4 Å². The highest BCUT2D eigenvalue weighted by atomic mass is 32.1. The van der Waals surface area contributed by atoms with E-state index in [4.69, 9.17) is 0 Å². The quantitative estimate of drug-likeness (QED) is 0.148. The van der Waals surface area contributed by atoms with Crippen molar-refractivity contribution in [1.29, 1.82) is 0 Å². The minimum Gasteiger partial charge on any atom is -0.310 e. The van der Waals surface area contributed by atoms with Crippen LogP contribution in [0.2, 0.25) is 0 Å². The van der Waals surface area contributed by atoms with E-state index in [2.05, 4.69) is 252 Å². The molecule has 0 radical (unpaired) electrons. The van der Waals surface area contributed by atoms with Crippen LogP contribution in [0.15, 0.2) is 243 Å². The molecule has 12 aromatic rings. The number of para-hydroxylation sites is 1. The summed E-state index contributed by atoms with van der Waals surface area (Å²) in [6.07, 6.45) is 0. The van der Waals surface area contributed by atoms with Crippen LogP contribution in [0.4, 0.5) is 17.1 Å². The third kappa shape index (κ3) is 6.67. The Bertz CT molecular complexity index is 3580. The third-order valence-corrected chi connectivity index (χ3v) is 13.5. The Kier molecular flexibility index (Phi) is 9.06. The van der Waals surface area contributed by atoms with Gasteiger partial charge in [-0.1, -0.05) is 164 Å². The molecule has 0 aliphatic carbocycles. The highest BCUT2D eigenvalue weighted by Gasteiger charge is 2.17. The third-order valence-electron chi connectivity index (χ3n) is 12.4. The Morgan fingerprint density at radius 1 is 0.270 bits per heavy atom. The molecule has 0 saturated heterocycles. The molecule has 0 aliphatic heterocycles. The lowest BCUT2D eigenvalue weighted by Crippen LogP contribution is -2.09. The van der Waals surface area contributed by atoms with Crippen molar-refractivity contribution in [1.82, 2.24) is 4.57 Å². The Balaban J connectivity index is 0.889. The predicted molar refractivity (Wildman–Crippen MR) is 270 cm³/mol. The minimum atomic E-state index is 1.11. The molecular formula is C60H40N2S. The molecule has 10 aromatic carbocycles. The van der Waals surface area contributed by atoms with E-state index in [0.29, 0.717) is 0 Å². The Labute approximate surface area is 370 Å². The summed E-state index contributed by atoms with van der Waals surface area (Å²) in [5.74, 6) is 0. The van der Waals surface area contributed by atoms with Gasteiger partial charge in [-0.15, -0.1) is 11.3 Å². The summed E-state index contributed by atoms with van der Waals surface area (Å²) in [4.78, 5) is 2.38. The zero-order valence-corrected chi connectivity index (χ0v) is 35.2. The van der Waals surface area contributed by atoms with E-state index in [-0.39, 0.29) is 0 Å². The van der Waals surface area contributed by atoms with Crippen molar-refractivity contribution in [2.75, 3.05) is 4.90 Å². The first-order valence-corrected chi connectivity index (χ1v) is 22.3. The maximum absolute atomic E-state index is 2.39. The number of nitrogens with zero attached hydrogens (tertiary/aromatic N) is 2. The van der Waals surface area contributed by atoms with Crippen molar-refractivity contribution < 1.29 is 0 Å². The first-order valence-electron chi connectivity index (χ1n) is 21.5. The van der Waals surface area contributed by atoms with Gasteiger partial charge in [0.1, 0.15) is 0 Å². The molecule has 3 heteroatoms. The summed E-state index contributed by atoms with van der Waals surface area (Å²) < 4.78 is 4.99. The largest absolute Gasteiger partial charge is 0.310 e. The summed E-state index contributed by atoms with van der Waals surface area (Å²) >= 11 is 1.86. The maximum Gasteiger partial charge on any atom is 0.0541 e. The highest BCUT2D eigenvalue weighted by Crippen LogP contribution is 2.42. The maximum atomic E-state index is 2.39. The average molecular weight is 821 g/mol. The SMILES string of the molecule is c1ccc(-c2ccc(N(c3ccc(-c4cccc(-c5ccc6c(c5)c5ccccc5n6-c5ccc(-c6ccccc6)cc5)c4)cc3)c3ccc4c(c3)sc3ccccc34)cc2)cc1. The Hall–Kier alpha value is -7.98. The molecule has 0 bridgehead atoms. The van der Waals surface area contributed by atoms with E-state index in [9.17, 15) is 0 Å². The van der Waals surface area contributed by atoms with Crippen LogP contribution in [0.25, 0.3) is 92.2 Å². The van der Waals surface area contributed by atoms with Crippen LogP contribution in [-0.2, 0) is 0 Å². The van der Waals surface area contributed by atoms with E-state index in [0.717, 1.165) is 22.7 Å². The standard InChI is InChI=1S/C60H40N2S/c1-3-12-41(13-4-1)43-22-29-49(30-23-43)61(52-35-36-55-54-19-8-10-21-59(54)63-60(55)40-52)50-31-26-45(27-32-50)46-16-11-17-47(38-46)48-28-37-58-56(39-48)53-18-7-9-20-57(53)62(58)51-33-24-44(25-34-51)42-14-5-2-6-15-42/h1-40H. The molecule has 12 rings (SSSR count). The Morgan fingerprint density at radius 2 is 0.730 bits per heavy atom. The van der Waals surface area contributed by atoms with Crippen molar-refractivity contribution in [3.63, 3.8) is 0 Å². The second-order valence-electron chi connectivity index (χ2n) is 16.2. The molecule has 2 heterocycles. The van der Waals surface area contributed by atoms with Gasteiger partial charge in [-0.05, 0) is 123 Å². The molecule has 2 nitrogen and oxygen atoms in total. The summed E-state index contributed by atoms with van der Waals surface area (Å²) in [6, 6.07) is 88.3. The number of benzene rings is 10. The lowest BCUT2D eigenvalue weighted by molar-refractivity contribution is 1.18. The predicted octanol–water partition coefficient (Wildman–Crippen LogP) is 17.3. The van der Waals surface area contributed by atoms with Crippen LogP contribution in [0.5, 0.6) is 0 Å². The molecule has 0 fully saturated rings. The molecule has 63 heavy (non-hydrogen) atoms. The first-order chi connectivity index (χ1) is 31.2. The topological polar surface area (TPSA) is 8.17 Å². The fourth-order valence-electron chi connectivity index (χ4n) is 9.28. The van der Waals surface area contributed by atoms with Crippen LogP contribution in [0.3, 0.4) is 0 Å². The normalized spacial score (nSPS) is 11.5. The number of anilines is 3. The van der Waals surface area contributed by atoms with Gasteiger partial charge >= 0.3 is 0 Å². The first kappa shape index (κ1) is 36.8. The van der Waals surface area contributed by atoms with Crippen LogP contribution in [0, 0.1) is 0 Å². The fraction of sp³-hybridized carbons (Fsp3) is 0. The molecule has 0 spiro atoms. The van der Waals surface area contributed by atoms with Crippen molar-refractivity contribution in [3.05, 3.63) is 243 Å². The second-order valence-corrected chi connectivity index (χ2v) is 17.2. The number of aromatic nitrogens is 1. The molecular weight excluding hydrogens is 781 g/mol. The number of fused-ring (bicyclic) bond motifs is 6. The zero-order chi connectivity index (χ0) is 41.7. The minimum absolute atomic E-state index is 1.11. The number of rotatable bonds is 8. The van der Waals surface area contributed by atoms with Gasteiger partial charge in [-0.3, -0.25) is 0 Å². The van der Waals surface area contributed by atoms with Gasteiger partial charge in [0.15, 0.2) is 0 Å². The lowest BCUT2D eigenvalue weighted by atomic mass is 9.97. The highest BCUT2D eigenvalue weighted by molar-refractivity contribution is 7.25. The van der Waals surface area contributed by atoms with Crippen LogP contribution in [-0.4, -0.2) is 4.57 Å². The summed E-state index contributed by atoms with van der Waals surface area (Å²) in [6.45, 7) is 0. The smallest absolute Gasteiger partial charge is 0.0541 e. The monoisotopic (exact) mass is 820 g/mol. The molecule has 2 aromatic heterocycles. The van der Waals surface area contributed by atoms with E-state index >= 15 is 0 Å². The summed E-state index contributed by atoms with van der Waals surface area (Å²) in [7, 11) is 0. The zero-order valence-electron chi connectivity index (χ0n) is 34.4.